The highest BCUT2D eigenvalue weighted by atomic mass is 32.1. The third-order valence-electron chi connectivity index (χ3n) is 5.75. The average Bonchev–Trinajstić information content (AvgIpc) is 3.44. The molecule has 1 unspecified atom stereocenters. The van der Waals surface area contributed by atoms with Crippen LogP contribution in [0.1, 0.15) is 17.7 Å². The summed E-state index contributed by atoms with van der Waals surface area (Å²) >= 11 is 1.55. The average molecular weight is 469 g/mol. The number of anilines is 1. The molecule has 0 radical (unpaired) electrons. The molecule has 3 aromatic rings. The second kappa shape index (κ2) is 8.95. The van der Waals surface area contributed by atoms with E-state index in [4.69, 9.17) is 19.4 Å². The van der Waals surface area contributed by atoms with Gasteiger partial charge in [-0.3, -0.25) is 9.59 Å². The molecule has 9 nitrogen and oxygen atoms in total. The lowest BCUT2D eigenvalue weighted by atomic mass is 10.2. The lowest BCUT2D eigenvalue weighted by Gasteiger charge is -2.28. The van der Waals surface area contributed by atoms with Crippen LogP contribution in [0.4, 0.5) is 5.82 Å². The molecule has 1 aromatic carbocycles. The van der Waals surface area contributed by atoms with E-state index in [-0.39, 0.29) is 24.0 Å². The van der Waals surface area contributed by atoms with E-state index >= 15 is 0 Å². The van der Waals surface area contributed by atoms with Crippen LogP contribution in [0.3, 0.4) is 0 Å². The number of hydrogen-bond donors (Lipinski definition) is 1. The zero-order valence-corrected chi connectivity index (χ0v) is 19.0. The summed E-state index contributed by atoms with van der Waals surface area (Å²) in [7, 11) is 1.71. The Bertz CT molecular complexity index is 1210. The first-order valence-corrected chi connectivity index (χ1v) is 11.7. The van der Waals surface area contributed by atoms with Crippen molar-refractivity contribution >= 4 is 39.2 Å². The van der Waals surface area contributed by atoms with Gasteiger partial charge in [-0.05, 0) is 18.2 Å². The van der Waals surface area contributed by atoms with Gasteiger partial charge in [-0.2, -0.15) is 0 Å². The van der Waals surface area contributed by atoms with Gasteiger partial charge in [0.05, 0.1) is 30.0 Å². The van der Waals surface area contributed by atoms with E-state index in [2.05, 4.69) is 4.90 Å². The van der Waals surface area contributed by atoms with Crippen LogP contribution in [0.5, 0.6) is 5.75 Å². The Labute approximate surface area is 194 Å². The van der Waals surface area contributed by atoms with Crippen molar-refractivity contribution in [1.29, 1.82) is 0 Å². The van der Waals surface area contributed by atoms with Crippen LogP contribution in [0.15, 0.2) is 30.3 Å². The first-order chi connectivity index (χ1) is 16.0. The summed E-state index contributed by atoms with van der Waals surface area (Å²) in [6, 6.07) is 8.87. The van der Waals surface area contributed by atoms with Gasteiger partial charge in [-0.1, -0.05) is 12.1 Å². The van der Waals surface area contributed by atoms with Gasteiger partial charge in [0.25, 0.3) is 5.91 Å². The number of carbonyl (C=O) groups is 2. The molecule has 1 N–H and O–H groups in total. The standard InChI is InChI=1S/C23H24N4O5S/c1-26(23(30)18-5-6-19(29)32-18)13-16-12-17-20(33-16)22(27-7-9-31-10-8-27)25-21(24-17)14-3-2-4-15(28)11-14/h2-4,11-12,18,28H,5-10,13H2,1H3. The number of aromatic hydroxyl groups is 1. The number of cyclic esters (lactones) is 1. The number of amides is 1. The summed E-state index contributed by atoms with van der Waals surface area (Å²) in [4.78, 5) is 38.4. The van der Waals surface area contributed by atoms with E-state index in [1.165, 1.54) is 0 Å². The molecule has 5 rings (SSSR count). The molecule has 0 aliphatic carbocycles. The number of morpholine rings is 1. The Morgan fingerprint density at radius 1 is 1.27 bits per heavy atom. The summed E-state index contributed by atoms with van der Waals surface area (Å²) in [5.74, 6) is 0.998. The molecule has 0 saturated carbocycles. The predicted octanol–water partition coefficient (Wildman–Crippen LogP) is 2.56. The molecule has 0 bridgehead atoms. The molecule has 172 valence electrons. The third-order valence-corrected chi connectivity index (χ3v) is 6.85. The number of aromatic nitrogens is 2. The molecule has 2 saturated heterocycles. The maximum absolute atomic E-state index is 12.7. The fourth-order valence-electron chi connectivity index (χ4n) is 4.06. The third kappa shape index (κ3) is 4.49. The van der Waals surface area contributed by atoms with Crippen LogP contribution in [0.2, 0.25) is 0 Å². The topological polar surface area (TPSA) is 105 Å². The molecule has 2 aliphatic heterocycles. The number of rotatable bonds is 5. The fourth-order valence-corrected chi connectivity index (χ4v) is 5.23. The summed E-state index contributed by atoms with van der Waals surface area (Å²) in [6.45, 7) is 3.09. The first kappa shape index (κ1) is 21.6. The maximum atomic E-state index is 12.7. The molecule has 0 spiro atoms. The molecule has 2 aliphatic rings. The number of benzene rings is 1. The number of ether oxygens (including phenoxy) is 2. The van der Waals surface area contributed by atoms with Crippen molar-refractivity contribution in [1.82, 2.24) is 14.9 Å². The van der Waals surface area contributed by atoms with Gasteiger partial charge in [-0.25, -0.2) is 9.97 Å². The van der Waals surface area contributed by atoms with E-state index in [9.17, 15) is 14.7 Å². The van der Waals surface area contributed by atoms with Crippen molar-refractivity contribution in [2.24, 2.45) is 0 Å². The molecule has 4 heterocycles. The summed E-state index contributed by atoms with van der Waals surface area (Å²) < 4.78 is 11.6. The van der Waals surface area contributed by atoms with E-state index in [0.29, 0.717) is 32.0 Å². The molecule has 10 heteroatoms. The number of esters is 1. The quantitative estimate of drug-likeness (QED) is 0.570. The van der Waals surface area contributed by atoms with E-state index in [1.807, 2.05) is 12.1 Å². The highest BCUT2D eigenvalue weighted by Crippen LogP contribution is 2.35. The van der Waals surface area contributed by atoms with Crippen LogP contribution in [0.25, 0.3) is 21.6 Å². The van der Waals surface area contributed by atoms with Gasteiger partial charge in [0.1, 0.15) is 5.75 Å². The number of phenolic OH excluding ortho intramolecular Hbond substituents is 1. The summed E-state index contributed by atoms with van der Waals surface area (Å²) in [6.07, 6.45) is 0.00981. The van der Waals surface area contributed by atoms with Gasteiger partial charge in [0.15, 0.2) is 17.7 Å². The largest absolute Gasteiger partial charge is 0.508 e. The molecular formula is C23H24N4O5S. The Morgan fingerprint density at radius 2 is 2.09 bits per heavy atom. The van der Waals surface area contributed by atoms with Gasteiger partial charge in [-0.15, -0.1) is 11.3 Å². The number of likely N-dealkylation sites (N-methyl/N-ethyl adjacent to an activating group) is 1. The smallest absolute Gasteiger partial charge is 0.306 e. The number of phenols is 1. The monoisotopic (exact) mass is 468 g/mol. The highest BCUT2D eigenvalue weighted by Gasteiger charge is 2.32. The number of thiophene rings is 1. The van der Waals surface area contributed by atoms with Crippen molar-refractivity contribution < 1.29 is 24.2 Å². The Morgan fingerprint density at radius 3 is 2.82 bits per heavy atom. The second-order valence-corrected chi connectivity index (χ2v) is 9.30. The van der Waals surface area contributed by atoms with Crippen molar-refractivity contribution in [3.8, 4) is 17.1 Å². The van der Waals surface area contributed by atoms with Crippen LogP contribution in [-0.2, 0) is 25.6 Å². The predicted molar refractivity (Wildman–Crippen MR) is 123 cm³/mol. The number of fused-ring (bicyclic) bond motifs is 1. The molecule has 1 atom stereocenters. The number of carbonyl (C=O) groups excluding carboxylic acids is 2. The van der Waals surface area contributed by atoms with Gasteiger partial charge in [0, 0.05) is 43.4 Å². The molecular weight excluding hydrogens is 444 g/mol. The SMILES string of the molecule is CN(Cc1cc2nc(-c3cccc(O)c3)nc(N3CCOCC3)c2s1)C(=O)C1CCC(=O)O1. The Hall–Kier alpha value is -3.24. The van der Waals surface area contributed by atoms with E-state index in [0.717, 1.165) is 39.6 Å². The van der Waals surface area contributed by atoms with Crippen molar-refractivity contribution in [2.75, 3.05) is 38.3 Å². The lowest BCUT2D eigenvalue weighted by molar-refractivity contribution is -0.152. The molecule has 2 aromatic heterocycles. The Balaban J connectivity index is 1.48. The molecule has 2 fully saturated rings. The van der Waals surface area contributed by atoms with Crippen LogP contribution in [0, 0.1) is 0 Å². The zero-order chi connectivity index (χ0) is 22.9. The van der Waals surface area contributed by atoms with Gasteiger partial charge >= 0.3 is 5.97 Å². The van der Waals surface area contributed by atoms with Crippen molar-refractivity contribution in [3.05, 3.63) is 35.2 Å². The highest BCUT2D eigenvalue weighted by molar-refractivity contribution is 7.19. The summed E-state index contributed by atoms with van der Waals surface area (Å²) in [5.41, 5.74) is 1.52. The molecule has 33 heavy (non-hydrogen) atoms. The minimum atomic E-state index is -0.696. The Kier molecular flexibility index (Phi) is 5.86. The van der Waals surface area contributed by atoms with Crippen LogP contribution in [-0.4, -0.2) is 71.3 Å². The van der Waals surface area contributed by atoms with Crippen molar-refractivity contribution in [3.63, 3.8) is 0 Å². The summed E-state index contributed by atoms with van der Waals surface area (Å²) in [5, 5.41) is 9.92. The second-order valence-electron chi connectivity index (χ2n) is 8.16. The van der Waals surface area contributed by atoms with Gasteiger partial charge in [0.2, 0.25) is 0 Å². The van der Waals surface area contributed by atoms with Crippen molar-refractivity contribution in [2.45, 2.75) is 25.5 Å². The number of nitrogens with zero attached hydrogens (tertiary/aromatic N) is 4. The minimum Gasteiger partial charge on any atom is -0.508 e. The maximum Gasteiger partial charge on any atom is 0.306 e. The lowest BCUT2D eigenvalue weighted by Crippen LogP contribution is -2.36. The first-order valence-electron chi connectivity index (χ1n) is 10.8. The normalized spacial score (nSPS) is 18.5. The molecule has 1 amide bonds. The van der Waals surface area contributed by atoms with E-state index < -0.39 is 6.10 Å². The fraction of sp³-hybridized carbons (Fsp3) is 0.391. The van der Waals surface area contributed by atoms with Crippen LogP contribution < -0.4 is 4.90 Å². The number of hydrogen-bond acceptors (Lipinski definition) is 9. The van der Waals surface area contributed by atoms with Crippen LogP contribution >= 0.6 is 11.3 Å². The van der Waals surface area contributed by atoms with E-state index in [1.54, 1.807) is 41.5 Å². The zero-order valence-electron chi connectivity index (χ0n) is 18.2. The van der Waals surface area contributed by atoms with Gasteiger partial charge < -0.3 is 24.4 Å². The minimum absolute atomic E-state index is 0.155.